The highest BCUT2D eigenvalue weighted by molar-refractivity contribution is 7.99. The van der Waals surface area contributed by atoms with E-state index >= 15 is 0 Å². The van der Waals surface area contributed by atoms with Gasteiger partial charge in [-0.05, 0) is 37.1 Å². The summed E-state index contributed by atoms with van der Waals surface area (Å²) in [7, 11) is 0. The van der Waals surface area contributed by atoms with Crippen LogP contribution in [0.2, 0.25) is 0 Å². The van der Waals surface area contributed by atoms with Crippen molar-refractivity contribution in [2.45, 2.75) is 32.5 Å². The second-order valence-corrected chi connectivity index (χ2v) is 7.93. The first-order valence-electron chi connectivity index (χ1n) is 9.63. The fraction of sp³-hybridized carbons (Fsp3) is 0.318. The van der Waals surface area contributed by atoms with Gasteiger partial charge in [0, 0.05) is 6.54 Å². The van der Waals surface area contributed by atoms with E-state index in [4.69, 9.17) is 4.74 Å². The smallest absolute Gasteiger partial charge is 0.262 e. The third-order valence-electron chi connectivity index (χ3n) is 4.17. The summed E-state index contributed by atoms with van der Waals surface area (Å²) in [5.74, 6) is 0.875. The Bertz CT molecular complexity index is 1060. The van der Waals surface area contributed by atoms with Crippen molar-refractivity contribution in [2.75, 3.05) is 17.7 Å². The molecule has 0 fully saturated rings. The van der Waals surface area contributed by atoms with Crippen LogP contribution in [0, 0.1) is 5.92 Å². The van der Waals surface area contributed by atoms with Crippen LogP contribution in [0.1, 0.15) is 20.8 Å². The van der Waals surface area contributed by atoms with Gasteiger partial charge in [0.25, 0.3) is 5.56 Å². The monoisotopic (exact) mass is 411 g/mol. The van der Waals surface area contributed by atoms with Gasteiger partial charge in [0.05, 0.1) is 29.0 Å². The van der Waals surface area contributed by atoms with Gasteiger partial charge in [-0.15, -0.1) is 0 Å². The number of fused-ring (bicyclic) bond motifs is 1. The molecule has 0 aliphatic carbocycles. The zero-order chi connectivity index (χ0) is 20.8. The van der Waals surface area contributed by atoms with E-state index < -0.39 is 0 Å². The predicted octanol–water partition coefficient (Wildman–Crippen LogP) is 4.18. The lowest BCUT2D eigenvalue weighted by molar-refractivity contribution is -0.113. The molecule has 0 saturated carbocycles. The molecular formula is C22H25N3O3S. The molecule has 0 aliphatic heterocycles. The lowest BCUT2D eigenvalue weighted by atomic mass is 10.2. The van der Waals surface area contributed by atoms with E-state index in [2.05, 4.69) is 10.3 Å². The van der Waals surface area contributed by atoms with E-state index in [0.717, 1.165) is 0 Å². The summed E-state index contributed by atoms with van der Waals surface area (Å²) < 4.78 is 7.21. The summed E-state index contributed by atoms with van der Waals surface area (Å²) in [4.78, 5) is 30.1. The maximum Gasteiger partial charge on any atom is 0.262 e. The van der Waals surface area contributed by atoms with Gasteiger partial charge >= 0.3 is 0 Å². The molecule has 2 aromatic carbocycles. The molecule has 0 saturated heterocycles. The molecule has 1 aromatic heterocycles. The number of nitrogens with one attached hydrogen (secondary N) is 1. The number of nitrogens with zero attached hydrogens (tertiary/aromatic N) is 2. The van der Waals surface area contributed by atoms with Crippen molar-refractivity contribution in [1.82, 2.24) is 9.55 Å². The molecule has 0 aliphatic rings. The van der Waals surface area contributed by atoms with Crippen molar-refractivity contribution in [3.05, 3.63) is 58.9 Å². The van der Waals surface area contributed by atoms with Crippen molar-refractivity contribution < 1.29 is 9.53 Å². The number of carbonyl (C=O) groups excluding carboxylic acids is 1. The second kappa shape index (κ2) is 9.60. The van der Waals surface area contributed by atoms with Crippen LogP contribution < -0.4 is 15.6 Å². The molecule has 7 heteroatoms. The molecule has 3 rings (SSSR count). The van der Waals surface area contributed by atoms with Crippen molar-refractivity contribution in [1.29, 1.82) is 0 Å². The van der Waals surface area contributed by atoms with Gasteiger partial charge in [-0.2, -0.15) is 0 Å². The fourth-order valence-corrected chi connectivity index (χ4v) is 3.76. The molecule has 152 valence electrons. The number of rotatable bonds is 8. The number of para-hydroxylation sites is 3. The lowest BCUT2D eigenvalue weighted by Gasteiger charge is -2.15. The molecule has 3 aromatic rings. The van der Waals surface area contributed by atoms with Gasteiger partial charge < -0.3 is 10.1 Å². The number of thioether (sulfide) groups is 1. The first kappa shape index (κ1) is 20.9. The maximum atomic E-state index is 12.9. The van der Waals surface area contributed by atoms with Crippen LogP contribution in [0.25, 0.3) is 10.9 Å². The van der Waals surface area contributed by atoms with Gasteiger partial charge in [-0.1, -0.05) is 49.9 Å². The Morgan fingerprint density at radius 1 is 1.17 bits per heavy atom. The molecule has 1 amide bonds. The normalized spacial score (nSPS) is 11.0. The molecule has 0 atom stereocenters. The third kappa shape index (κ3) is 5.17. The van der Waals surface area contributed by atoms with Crippen LogP contribution in [0.3, 0.4) is 0 Å². The highest BCUT2D eigenvalue weighted by atomic mass is 32.2. The van der Waals surface area contributed by atoms with Gasteiger partial charge in [0.1, 0.15) is 5.75 Å². The standard InChI is InChI=1S/C22H25N3O3S/c1-4-28-19-12-8-7-11-18(19)23-20(26)14-29-22-24-17-10-6-5-9-16(17)21(27)25(22)13-15(2)3/h5-12,15H,4,13-14H2,1-3H3,(H,23,26). The minimum atomic E-state index is -0.180. The second-order valence-electron chi connectivity index (χ2n) is 6.99. The van der Waals surface area contributed by atoms with Crippen LogP contribution >= 0.6 is 11.8 Å². The average molecular weight is 412 g/mol. The van der Waals surface area contributed by atoms with E-state index in [1.807, 2.05) is 57.2 Å². The summed E-state index contributed by atoms with van der Waals surface area (Å²) in [6, 6.07) is 14.6. The summed E-state index contributed by atoms with van der Waals surface area (Å²) in [6.45, 7) is 7.06. The van der Waals surface area contributed by atoms with Crippen LogP contribution in [0.5, 0.6) is 5.75 Å². The number of benzene rings is 2. The van der Waals surface area contributed by atoms with Gasteiger partial charge in [-0.25, -0.2) is 4.98 Å². The van der Waals surface area contributed by atoms with E-state index in [1.54, 1.807) is 16.7 Å². The Labute approximate surface area is 174 Å². The number of hydrogen-bond donors (Lipinski definition) is 1. The predicted molar refractivity (Wildman–Crippen MR) is 118 cm³/mol. The number of aromatic nitrogens is 2. The number of hydrogen-bond acceptors (Lipinski definition) is 5. The van der Waals surface area contributed by atoms with Crippen molar-refractivity contribution in [2.24, 2.45) is 5.92 Å². The first-order chi connectivity index (χ1) is 14.0. The minimum Gasteiger partial charge on any atom is -0.492 e. The average Bonchev–Trinajstić information content (AvgIpc) is 2.70. The molecule has 1 heterocycles. The maximum absolute atomic E-state index is 12.9. The number of ether oxygens (including phenoxy) is 1. The largest absolute Gasteiger partial charge is 0.492 e. The lowest BCUT2D eigenvalue weighted by Crippen LogP contribution is -2.26. The zero-order valence-electron chi connectivity index (χ0n) is 16.8. The van der Waals surface area contributed by atoms with Gasteiger partial charge in [0.15, 0.2) is 5.16 Å². The van der Waals surface area contributed by atoms with Crippen LogP contribution in [-0.4, -0.2) is 27.8 Å². The third-order valence-corrected chi connectivity index (χ3v) is 5.14. The summed E-state index contributed by atoms with van der Waals surface area (Å²) in [5, 5.41) is 4.02. The van der Waals surface area contributed by atoms with Crippen LogP contribution in [-0.2, 0) is 11.3 Å². The first-order valence-corrected chi connectivity index (χ1v) is 10.6. The van der Waals surface area contributed by atoms with Crippen molar-refractivity contribution >= 4 is 34.3 Å². The molecule has 1 N–H and O–H groups in total. The quantitative estimate of drug-likeness (QED) is 0.445. The topological polar surface area (TPSA) is 73.2 Å². The molecule has 0 bridgehead atoms. The SMILES string of the molecule is CCOc1ccccc1NC(=O)CSc1nc2ccccc2c(=O)n1CC(C)C. The molecule has 0 spiro atoms. The minimum absolute atomic E-state index is 0.0751. The highest BCUT2D eigenvalue weighted by Crippen LogP contribution is 2.25. The highest BCUT2D eigenvalue weighted by Gasteiger charge is 2.15. The Morgan fingerprint density at radius 2 is 1.90 bits per heavy atom. The molecule has 29 heavy (non-hydrogen) atoms. The zero-order valence-corrected chi connectivity index (χ0v) is 17.7. The number of anilines is 1. The number of amides is 1. The number of carbonyl (C=O) groups is 1. The Morgan fingerprint density at radius 3 is 2.66 bits per heavy atom. The van der Waals surface area contributed by atoms with E-state index in [1.165, 1.54) is 11.8 Å². The Hall–Kier alpha value is -2.80. The Kier molecular flexibility index (Phi) is 6.93. The van der Waals surface area contributed by atoms with Crippen molar-refractivity contribution in [3.8, 4) is 5.75 Å². The van der Waals surface area contributed by atoms with Crippen LogP contribution in [0.15, 0.2) is 58.5 Å². The molecule has 0 radical (unpaired) electrons. The van der Waals surface area contributed by atoms with Crippen molar-refractivity contribution in [3.63, 3.8) is 0 Å². The van der Waals surface area contributed by atoms with E-state index in [9.17, 15) is 9.59 Å². The van der Waals surface area contributed by atoms with Gasteiger partial charge in [0.2, 0.25) is 5.91 Å². The molecular weight excluding hydrogens is 386 g/mol. The summed E-state index contributed by atoms with van der Waals surface area (Å²) >= 11 is 1.26. The summed E-state index contributed by atoms with van der Waals surface area (Å²) in [6.07, 6.45) is 0. The fourth-order valence-electron chi connectivity index (χ4n) is 2.95. The molecule has 6 nitrogen and oxygen atoms in total. The van der Waals surface area contributed by atoms with Gasteiger partial charge in [-0.3, -0.25) is 14.2 Å². The molecule has 0 unspecified atom stereocenters. The van der Waals surface area contributed by atoms with E-state index in [-0.39, 0.29) is 23.1 Å². The van der Waals surface area contributed by atoms with E-state index in [0.29, 0.717) is 40.6 Å². The van der Waals surface area contributed by atoms with Crippen LogP contribution in [0.4, 0.5) is 5.69 Å². The Balaban J connectivity index is 1.81. The summed E-state index contributed by atoms with van der Waals surface area (Å²) in [5.41, 5.74) is 1.20.